The summed E-state index contributed by atoms with van der Waals surface area (Å²) in [6.45, 7) is 4.42. The van der Waals surface area contributed by atoms with E-state index in [-0.39, 0.29) is 0 Å². The van der Waals surface area contributed by atoms with Gasteiger partial charge in [0, 0.05) is 19.3 Å². The predicted molar refractivity (Wildman–Crippen MR) is 65.7 cm³/mol. The van der Waals surface area contributed by atoms with Gasteiger partial charge < -0.3 is 10.5 Å². The van der Waals surface area contributed by atoms with Crippen LogP contribution in [0, 0.1) is 0 Å². The zero-order valence-corrected chi connectivity index (χ0v) is 10.1. The molecule has 17 heavy (non-hydrogen) atoms. The van der Waals surface area contributed by atoms with Crippen molar-refractivity contribution in [3.05, 3.63) is 18.1 Å². The number of aromatic nitrogens is 2. The molecule has 1 aliphatic rings. The summed E-state index contributed by atoms with van der Waals surface area (Å²) in [4.78, 5) is 10.7. The molecule has 0 atom stereocenters. The van der Waals surface area contributed by atoms with Crippen LogP contribution in [0.1, 0.15) is 25.0 Å². The van der Waals surface area contributed by atoms with Gasteiger partial charge in [-0.3, -0.25) is 9.88 Å². The van der Waals surface area contributed by atoms with E-state index in [2.05, 4.69) is 14.9 Å². The highest BCUT2D eigenvalue weighted by atomic mass is 16.5. The molecule has 0 unspecified atom stereocenters. The standard InChI is InChI=1S/C12H20N4O/c13-8-11-9-14-10-12(15-11)17-7-6-16-4-2-1-3-5-16/h9-10H,1-8,13H2. The molecule has 1 fully saturated rings. The van der Waals surface area contributed by atoms with E-state index in [1.807, 2.05) is 0 Å². The molecule has 0 bridgehead atoms. The van der Waals surface area contributed by atoms with Crippen molar-refractivity contribution in [1.82, 2.24) is 14.9 Å². The summed E-state index contributed by atoms with van der Waals surface area (Å²) < 4.78 is 5.58. The average molecular weight is 236 g/mol. The number of ether oxygens (including phenoxy) is 1. The maximum Gasteiger partial charge on any atom is 0.232 e. The second-order valence-corrected chi connectivity index (χ2v) is 4.30. The van der Waals surface area contributed by atoms with Gasteiger partial charge in [-0.25, -0.2) is 4.98 Å². The number of nitrogens with zero attached hydrogens (tertiary/aromatic N) is 3. The Morgan fingerprint density at radius 3 is 2.82 bits per heavy atom. The molecule has 1 aliphatic heterocycles. The summed E-state index contributed by atoms with van der Waals surface area (Å²) in [7, 11) is 0. The summed E-state index contributed by atoms with van der Waals surface area (Å²) in [6.07, 6.45) is 7.28. The van der Waals surface area contributed by atoms with Crippen LogP contribution in [0.5, 0.6) is 5.88 Å². The molecular weight excluding hydrogens is 216 g/mol. The molecule has 1 saturated heterocycles. The van der Waals surface area contributed by atoms with Crippen LogP contribution in [0.4, 0.5) is 0 Å². The van der Waals surface area contributed by atoms with Crippen LogP contribution in [0.3, 0.4) is 0 Å². The molecule has 1 aromatic heterocycles. The second-order valence-electron chi connectivity index (χ2n) is 4.30. The molecule has 2 heterocycles. The van der Waals surface area contributed by atoms with Crippen LogP contribution in [-0.2, 0) is 6.54 Å². The Balaban J connectivity index is 1.73. The average Bonchev–Trinajstić information content (AvgIpc) is 2.40. The van der Waals surface area contributed by atoms with E-state index in [1.54, 1.807) is 12.4 Å². The van der Waals surface area contributed by atoms with Crippen LogP contribution < -0.4 is 10.5 Å². The van der Waals surface area contributed by atoms with Gasteiger partial charge in [0.1, 0.15) is 6.61 Å². The Hall–Kier alpha value is -1.20. The quantitative estimate of drug-likeness (QED) is 0.819. The Morgan fingerprint density at radius 2 is 2.06 bits per heavy atom. The molecule has 94 valence electrons. The minimum Gasteiger partial charge on any atom is -0.475 e. The van der Waals surface area contributed by atoms with Gasteiger partial charge in [-0.2, -0.15) is 0 Å². The highest BCUT2D eigenvalue weighted by Crippen LogP contribution is 2.09. The molecule has 2 N–H and O–H groups in total. The van der Waals surface area contributed by atoms with Gasteiger partial charge >= 0.3 is 0 Å². The molecule has 0 aromatic carbocycles. The molecule has 5 heteroatoms. The van der Waals surface area contributed by atoms with Crippen molar-refractivity contribution < 1.29 is 4.74 Å². The van der Waals surface area contributed by atoms with E-state index in [0.717, 1.165) is 12.2 Å². The Kier molecular flexibility index (Phi) is 4.70. The summed E-state index contributed by atoms with van der Waals surface area (Å²) in [5.41, 5.74) is 6.26. The lowest BCUT2D eigenvalue weighted by atomic mass is 10.1. The summed E-state index contributed by atoms with van der Waals surface area (Å²) in [5.74, 6) is 0.574. The molecule has 1 aromatic rings. The first kappa shape index (κ1) is 12.3. The summed E-state index contributed by atoms with van der Waals surface area (Å²) in [5, 5.41) is 0. The smallest absolute Gasteiger partial charge is 0.232 e. The first-order chi connectivity index (χ1) is 8.38. The second kappa shape index (κ2) is 6.51. The summed E-state index contributed by atoms with van der Waals surface area (Å²) in [6, 6.07) is 0. The fourth-order valence-electron chi connectivity index (χ4n) is 2.02. The first-order valence-electron chi connectivity index (χ1n) is 6.24. The van der Waals surface area contributed by atoms with E-state index in [1.165, 1.54) is 32.4 Å². The molecule has 2 rings (SSSR count). The van der Waals surface area contributed by atoms with E-state index in [9.17, 15) is 0 Å². The predicted octanol–water partition coefficient (Wildman–Crippen LogP) is 0.800. The maximum atomic E-state index is 5.58. The topological polar surface area (TPSA) is 64.3 Å². The first-order valence-corrected chi connectivity index (χ1v) is 6.24. The minimum atomic E-state index is 0.399. The van der Waals surface area contributed by atoms with Crippen LogP contribution in [0.25, 0.3) is 0 Å². The number of nitrogens with two attached hydrogens (primary N) is 1. The van der Waals surface area contributed by atoms with Crippen LogP contribution >= 0.6 is 0 Å². The third-order valence-electron chi connectivity index (χ3n) is 2.98. The van der Waals surface area contributed by atoms with E-state index >= 15 is 0 Å². The van der Waals surface area contributed by atoms with Crippen LogP contribution in [0.15, 0.2) is 12.4 Å². The molecule has 0 saturated carbocycles. The van der Waals surface area contributed by atoms with Gasteiger partial charge in [0.05, 0.1) is 11.9 Å². The molecule has 5 nitrogen and oxygen atoms in total. The molecule has 0 spiro atoms. The van der Waals surface area contributed by atoms with Crippen molar-refractivity contribution in [3.8, 4) is 5.88 Å². The van der Waals surface area contributed by atoms with Gasteiger partial charge in [0.25, 0.3) is 0 Å². The monoisotopic (exact) mass is 236 g/mol. The Bertz CT molecular complexity index is 339. The van der Waals surface area contributed by atoms with Crippen molar-refractivity contribution in [2.75, 3.05) is 26.2 Å². The number of hydrogen-bond donors (Lipinski definition) is 1. The van der Waals surface area contributed by atoms with Crippen LogP contribution in [0.2, 0.25) is 0 Å². The Labute approximate surface area is 102 Å². The van der Waals surface area contributed by atoms with E-state index in [0.29, 0.717) is 19.0 Å². The fraction of sp³-hybridized carbons (Fsp3) is 0.667. The van der Waals surface area contributed by atoms with Crippen molar-refractivity contribution in [1.29, 1.82) is 0 Å². The minimum absolute atomic E-state index is 0.399. The number of rotatable bonds is 5. The van der Waals surface area contributed by atoms with Crippen LogP contribution in [-0.4, -0.2) is 41.1 Å². The van der Waals surface area contributed by atoms with E-state index < -0.39 is 0 Å². The van der Waals surface area contributed by atoms with E-state index in [4.69, 9.17) is 10.5 Å². The maximum absolute atomic E-state index is 5.58. The lowest BCUT2D eigenvalue weighted by molar-refractivity contribution is 0.180. The van der Waals surface area contributed by atoms with Gasteiger partial charge in [0.2, 0.25) is 5.88 Å². The third kappa shape index (κ3) is 3.94. The lowest BCUT2D eigenvalue weighted by Gasteiger charge is -2.25. The molecule has 0 aliphatic carbocycles. The van der Waals surface area contributed by atoms with Crippen molar-refractivity contribution >= 4 is 0 Å². The van der Waals surface area contributed by atoms with Crippen molar-refractivity contribution in [2.24, 2.45) is 5.73 Å². The summed E-state index contributed by atoms with van der Waals surface area (Å²) >= 11 is 0. The van der Waals surface area contributed by atoms with Crippen molar-refractivity contribution in [3.63, 3.8) is 0 Å². The zero-order valence-electron chi connectivity index (χ0n) is 10.1. The fourth-order valence-corrected chi connectivity index (χ4v) is 2.02. The SMILES string of the molecule is NCc1cncc(OCCN2CCCCC2)n1. The zero-order chi connectivity index (χ0) is 11.9. The molecule has 0 radical (unpaired) electrons. The number of likely N-dealkylation sites (tertiary alicyclic amines) is 1. The lowest BCUT2D eigenvalue weighted by Crippen LogP contribution is -2.33. The normalized spacial score (nSPS) is 17.0. The Morgan fingerprint density at radius 1 is 1.24 bits per heavy atom. The number of piperidine rings is 1. The van der Waals surface area contributed by atoms with Crippen molar-refractivity contribution in [2.45, 2.75) is 25.8 Å². The third-order valence-corrected chi connectivity index (χ3v) is 2.98. The number of hydrogen-bond acceptors (Lipinski definition) is 5. The van der Waals surface area contributed by atoms with Gasteiger partial charge in [-0.05, 0) is 25.9 Å². The van der Waals surface area contributed by atoms with Gasteiger partial charge in [-0.15, -0.1) is 0 Å². The largest absolute Gasteiger partial charge is 0.475 e. The van der Waals surface area contributed by atoms with Gasteiger partial charge in [-0.1, -0.05) is 6.42 Å². The molecular formula is C12H20N4O. The highest BCUT2D eigenvalue weighted by Gasteiger charge is 2.09. The molecule has 0 amide bonds. The highest BCUT2D eigenvalue weighted by molar-refractivity contribution is 5.07. The van der Waals surface area contributed by atoms with Gasteiger partial charge in [0.15, 0.2) is 0 Å².